The van der Waals surface area contributed by atoms with E-state index in [1.54, 1.807) is 21.9 Å². The van der Waals surface area contributed by atoms with Gasteiger partial charge in [-0.25, -0.2) is 0 Å². The minimum absolute atomic E-state index is 0.0675. The average molecular weight is 362 g/mol. The highest BCUT2D eigenvalue weighted by molar-refractivity contribution is 5.97. The maximum Gasteiger partial charge on any atom is 0.289 e. The minimum atomic E-state index is -0.103. The first kappa shape index (κ1) is 17.3. The smallest absolute Gasteiger partial charge is 0.289 e. The number of amides is 2. The Labute approximate surface area is 158 Å². The Morgan fingerprint density at radius 2 is 1.74 bits per heavy atom. The number of fused-ring (bicyclic) bond motifs is 1. The van der Waals surface area contributed by atoms with Crippen molar-refractivity contribution in [2.45, 2.75) is 12.8 Å². The number of hydrogen-bond acceptors (Lipinski definition) is 3. The fourth-order valence-corrected chi connectivity index (χ4v) is 3.67. The van der Waals surface area contributed by atoms with Gasteiger partial charge in [0.25, 0.3) is 5.91 Å². The van der Waals surface area contributed by atoms with Crippen molar-refractivity contribution < 1.29 is 14.0 Å². The van der Waals surface area contributed by atoms with Gasteiger partial charge < -0.3 is 14.2 Å². The van der Waals surface area contributed by atoms with E-state index in [1.807, 2.05) is 37.4 Å². The van der Waals surface area contributed by atoms with Crippen LogP contribution in [0.4, 0.5) is 5.69 Å². The Morgan fingerprint density at radius 3 is 2.44 bits per heavy atom. The van der Waals surface area contributed by atoms with Gasteiger partial charge in [-0.05, 0) is 47.9 Å². The van der Waals surface area contributed by atoms with Gasteiger partial charge >= 0.3 is 0 Å². The fourth-order valence-electron chi connectivity index (χ4n) is 3.67. The maximum absolute atomic E-state index is 12.9. The maximum atomic E-state index is 12.9. The summed E-state index contributed by atoms with van der Waals surface area (Å²) in [4.78, 5) is 28.8. The van der Waals surface area contributed by atoms with E-state index in [1.165, 1.54) is 6.26 Å². The number of carbonyl (C=O) groups excluding carboxylic acids is 2. The highest BCUT2D eigenvalue weighted by Gasteiger charge is 2.30. The molecule has 1 aliphatic heterocycles. The van der Waals surface area contributed by atoms with Crippen LogP contribution in [0.3, 0.4) is 0 Å². The Hall–Kier alpha value is -3.08. The number of benzene rings is 2. The third-order valence-electron chi connectivity index (χ3n) is 5.31. The van der Waals surface area contributed by atoms with Crippen LogP contribution < -0.4 is 4.90 Å². The van der Waals surface area contributed by atoms with Crippen LogP contribution in [0.5, 0.6) is 0 Å². The first-order chi connectivity index (χ1) is 13.1. The van der Waals surface area contributed by atoms with Crippen molar-refractivity contribution in [2.24, 2.45) is 5.92 Å². The summed E-state index contributed by atoms with van der Waals surface area (Å²) in [6.45, 7) is 1.14. The second kappa shape index (κ2) is 7.27. The van der Waals surface area contributed by atoms with E-state index >= 15 is 0 Å². The van der Waals surface area contributed by atoms with Gasteiger partial charge in [-0.1, -0.05) is 30.3 Å². The molecule has 0 spiro atoms. The van der Waals surface area contributed by atoms with E-state index in [0.29, 0.717) is 31.7 Å². The molecule has 0 atom stereocenters. The second-order valence-electron chi connectivity index (χ2n) is 6.97. The van der Waals surface area contributed by atoms with Gasteiger partial charge in [0.2, 0.25) is 5.91 Å². The topological polar surface area (TPSA) is 53.8 Å². The molecule has 138 valence electrons. The van der Waals surface area contributed by atoms with Crippen molar-refractivity contribution in [3.8, 4) is 0 Å². The number of hydrogen-bond donors (Lipinski definition) is 0. The van der Waals surface area contributed by atoms with Gasteiger partial charge in [0, 0.05) is 31.7 Å². The molecule has 0 N–H and O–H groups in total. The number of rotatable bonds is 3. The molecule has 27 heavy (non-hydrogen) atoms. The van der Waals surface area contributed by atoms with Crippen LogP contribution in [0.15, 0.2) is 65.3 Å². The Balaban J connectivity index is 1.41. The lowest BCUT2D eigenvalue weighted by atomic mass is 9.95. The van der Waals surface area contributed by atoms with E-state index in [9.17, 15) is 9.59 Å². The Kier molecular flexibility index (Phi) is 4.67. The lowest BCUT2D eigenvalue weighted by molar-refractivity contribution is -0.123. The lowest BCUT2D eigenvalue weighted by Gasteiger charge is -2.32. The molecule has 2 aromatic carbocycles. The highest BCUT2D eigenvalue weighted by Crippen LogP contribution is 2.26. The summed E-state index contributed by atoms with van der Waals surface area (Å²) in [7, 11) is 1.83. The molecule has 4 rings (SSSR count). The quantitative estimate of drug-likeness (QED) is 0.709. The van der Waals surface area contributed by atoms with E-state index in [4.69, 9.17) is 4.42 Å². The average Bonchev–Trinajstić information content (AvgIpc) is 3.27. The van der Waals surface area contributed by atoms with Crippen LogP contribution in [-0.4, -0.2) is 36.9 Å². The molecule has 5 nitrogen and oxygen atoms in total. The van der Waals surface area contributed by atoms with E-state index in [2.05, 4.69) is 12.1 Å². The van der Waals surface area contributed by atoms with Crippen molar-refractivity contribution in [3.05, 3.63) is 66.6 Å². The Bertz CT molecular complexity index is 957. The minimum Gasteiger partial charge on any atom is -0.459 e. The van der Waals surface area contributed by atoms with Gasteiger partial charge in [0.05, 0.1) is 6.26 Å². The molecule has 0 saturated carbocycles. The summed E-state index contributed by atoms with van der Waals surface area (Å²) in [5, 5.41) is 2.28. The van der Waals surface area contributed by atoms with Gasteiger partial charge in [0.15, 0.2) is 5.76 Å². The second-order valence-corrected chi connectivity index (χ2v) is 6.97. The number of piperidine rings is 1. The molecule has 1 fully saturated rings. The monoisotopic (exact) mass is 362 g/mol. The molecule has 0 unspecified atom stereocenters. The van der Waals surface area contributed by atoms with Crippen molar-refractivity contribution in [1.29, 1.82) is 0 Å². The van der Waals surface area contributed by atoms with Crippen molar-refractivity contribution >= 4 is 28.3 Å². The fraction of sp³-hybridized carbons (Fsp3) is 0.273. The normalized spacial score (nSPS) is 15.1. The van der Waals surface area contributed by atoms with Crippen LogP contribution in [0, 0.1) is 5.92 Å². The zero-order valence-corrected chi connectivity index (χ0v) is 15.3. The predicted molar refractivity (Wildman–Crippen MR) is 105 cm³/mol. The SMILES string of the molecule is CN(C(=O)C1CCN(C(=O)c2ccco2)CC1)c1ccc2ccccc2c1. The summed E-state index contributed by atoms with van der Waals surface area (Å²) in [5.41, 5.74) is 0.896. The Morgan fingerprint density at radius 1 is 1.00 bits per heavy atom. The molecule has 1 aromatic heterocycles. The molecular formula is C22H22N2O3. The van der Waals surface area contributed by atoms with Crippen LogP contribution in [0.1, 0.15) is 23.4 Å². The molecule has 1 saturated heterocycles. The summed E-state index contributed by atoms with van der Waals surface area (Å²) >= 11 is 0. The predicted octanol–water partition coefficient (Wildman–Crippen LogP) is 3.95. The third kappa shape index (κ3) is 3.45. The van der Waals surface area contributed by atoms with Crippen molar-refractivity contribution in [1.82, 2.24) is 4.90 Å². The zero-order valence-electron chi connectivity index (χ0n) is 15.3. The number of carbonyl (C=O) groups is 2. The number of nitrogens with zero attached hydrogens (tertiary/aromatic N) is 2. The molecule has 2 heterocycles. The van der Waals surface area contributed by atoms with E-state index in [0.717, 1.165) is 16.5 Å². The van der Waals surface area contributed by atoms with Gasteiger partial charge in [-0.3, -0.25) is 9.59 Å². The molecule has 2 amide bonds. The van der Waals surface area contributed by atoms with Crippen molar-refractivity contribution in [3.63, 3.8) is 0 Å². The zero-order chi connectivity index (χ0) is 18.8. The number of likely N-dealkylation sites (tertiary alicyclic amines) is 1. The van der Waals surface area contributed by atoms with Gasteiger partial charge in [-0.15, -0.1) is 0 Å². The van der Waals surface area contributed by atoms with Gasteiger partial charge in [-0.2, -0.15) is 0 Å². The van der Waals surface area contributed by atoms with Crippen LogP contribution >= 0.6 is 0 Å². The summed E-state index contributed by atoms with van der Waals surface area (Å²) in [6.07, 6.45) is 2.84. The highest BCUT2D eigenvalue weighted by atomic mass is 16.3. The number of furan rings is 1. The molecule has 1 aliphatic rings. The first-order valence-corrected chi connectivity index (χ1v) is 9.22. The van der Waals surface area contributed by atoms with Gasteiger partial charge in [0.1, 0.15) is 0 Å². The molecule has 0 bridgehead atoms. The van der Waals surface area contributed by atoms with Crippen LogP contribution in [-0.2, 0) is 4.79 Å². The third-order valence-corrected chi connectivity index (χ3v) is 5.31. The van der Waals surface area contributed by atoms with Crippen molar-refractivity contribution in [2.75, 3.05) is 25.0 Å². The summed E-state index contributed by atoms with van der Waals surface area (Å²) in [5.74, 6) is 0.291. The number of anilines is 1. The largest absolute Gasteiger partial charge is 0.459 e. The summed E-state index contributed by atoms with van der Waals surface area (Å²) < 4.78 is 5.19. The molecule has 0 radical (unpaired) electrons. The molecule has 5 heteroatoms. The van der Waals surface area contributed by atoms with Crippen LogP contribution in [0.25, 0.3) is 10.8 Å². The first-order valence-electron chi connectivity index (χ1n) is 9.22. The lowest BCUT2D eigenvalue weighted by Crippen LogP contribution is -2.43. The summed E-state index contributed by atoms with van der Waals surface area (Å²) in [6, 6.07) is 17.6. The van der Waals surface area contributed by atoms with E-state index in [-0.39, 0.29) is 17.7 Å². The molecular weight excluding hydrogens is 340 g/mol. The standard InChI is InChI=1S/C22H22N2O3/c1-23(19-9-8-16-5-2-3-6-18(16)15-19)21(25)17-10-12-24(13-11-17)22(26)20-7-4-14-27-20/h2-9,14-15,17H,10-13H2,1H3. The van der Waals surface area contributed by atoms with Crippen LogP contribution in [0.2, 0.25) is 0 Å². The molecule has 0 aliphatic carbocycles. The molecule has 3 aromatic rings. The van der Waals surface area contributed by atoms with E-state index < -0.39 is 0 Å².